The van der Waals surface area contributed by atoms with Crippen LogP contribution in [-0.2, 0) is 4.79 Å². The molecule has 0 fully saturated rings. The molecule has 2 rings (SSSR count). The summed E-state index contributed by atoms with van der Waals surface area (Å²) in [6, 6.07) is 9.11. The van der Waals surface area contributed by atoms with Crippen molar-refractivity contribution < 1.29 is 28.5 Å². The summed E-state index contributed by atoms with van der Waals surface area (Å²) in [5, 5.41) is 5.60. The average molecular weight is 416 g/mol. The molecule has 0 saturated heterocycles. The molecule has 0 aliphatic carbocycles. The van der Waals surface area contributed by atoms with Crippen LogP contribution < -0.4 is 29.6 Å². The number of rotatable bonds is 9. The molecule has 8 nitrogen and oxygen atoms in total. The molecule has 8 heteroatoms. The standard InChI is InChI=1S/C22H28N2O6/c1-13(2)20(22(26)23-15-9-18(29-5)12-19(10-15)30-6)24-21(25)14-7-16(27-3)11-17(8-14)28-4/h7-13,20H,1-6H3,(H,23,26)(H,24,25). The molecule has 2 amide bonds. The molecular formula is C22H28N2O6. The van der Waals surface area contributed by atoms with E-state index in [0.717, 1.165) is 0 Å². The molecule has 2 aromatic carbocycles. The van der Waals surface area contributed by atoms with Gasteiger partial charge in [0.05, 0.1) is 28.4 Å². The first-order chi connectivity index (χ1) is 14.3. The Kier molecular flexibility index (Phi) is 7.91. The van der Waals surface area contributed by atoms with Gasteiger partial charge in [-0.3, -0.25) is 9.59 Å². The van der Waals surface area contributed by atoms with Gasteiger partial charge in [-0.1, -0.05) is 13.8 Å². The van der Waals surface area contributed by atoms with E-state index in [-0.39, 0.29) is 11.8 Å². The van der Waals surface area contributed by atoms with E-state index in [0.29, 0.717) is 34.2 Å². The molecule has 0 bridgehead atoms. The van der Waals surface area contributed by atoms with Gasteiger partial charge in [0, 0.05) is 35.5 Å². The van der Waals surface area contributed by atoms with E-state index in [1.807, 2.05) is 13.8 Å². The number of ether oxygens (including phenoxy) is 4. The fraction of sp³-hybridized carbons (Fsp3) is 0.364. The summed E-state index contributed by atoms with van der Waals surface area (Å²) in [6.45, 7) is 3.70. The summed E-state index contributed by atoms with van der Waals surface area (Å²) in [5.74, 6) is 1.11. The van der Waals surface area contributed by atoms with Crippen LogP contribution >= 0.6 is 0 Å². The monoisotopic (exact) mass is 416 g/mol. The van der Waals surface area contributed by atoms with Gasteiger partial charge in [0.1, 0.15) is 29.0 Å². The maximum absolute atomic E-state index is 12.9. The van der Waals surface area contributed by atoms with E-state index in [1.54, 1.807) is 36.4 Å². The summed E-state index contributed by atoms with van der Waals surface area (Å²) in [6.07, 6.45) is 0. The lowest BCUT2D eigenvalue weighted by Crippen LogP contribution is -2.47. The largest absolute Gasteiger partial charge is 0.497 e. The van der Waals surface area contributed by atoms with Crippen molar-refractivity contribution in [3.05, 3.63) is 42.0 Å². The topological polar surface area (TPSA) is 95.1 Å². The number of nitrogens with one attached hydrogen (secondary N) is 2. The van der Waals surface area contributed by atoms with Crippen molar-refractivity contribution in [1.82, 2.24) is 5.32 Å². The van der Waals surface area contributed by atoms with Crippen molar-refractivity contribution in [1.29, 1.82) is 0 Å². The van der Waals surface area contributed by atoms with Crippen LogP contribution in [0, 0.1) is 5.92 Å². The van der Waals surface area contributed by atoms with Crippen molar-refractivity contribution in [3.63, 3.8) is 0 Å². The number of hydrogen-bond donors (Lipinski definition) is 2. The average Bonchev–Trinajstić information content (AvgIpc) is 2.75. The molecule has 0 saturated carbocycles. The SMILES string of the molecule is COc1cc(NC(=O)C(NC(=O)c2cc(OC)cc(OC)c2)C(C)C)cc(OC)c1. The first-order valence-electron chi connectivity index (χ1n) is 9.39. The maximum Gasteiger partial charge on any atom is 0.252 e. The molecule has 0 aromatic heterocycles. The first kappa shape index (κ1) is 22.9. The third-order valence-electron chi connectivity index (χ3n) is 4.47. The minimum atomic E-state index is -0.771. The molecule has 2 N–H and O–H groups in total. The van der Waals surface area contributed by atoms with Crippen LogP contribution in [0.25, 0.3) is 0 Å². The molecule has 2 aromatic rings. The second-order valence-electron chi connectivity index (χ2n) is 6.89. The summed E-state index contributed by atoms with van der Waals surface area (Å²) in [5.41, 5.74) is 0.826. The van der Waals surface area contributed by atoms with Crippen molar-refractivity contribution in [2.45, 2.75) is 19.9 Å². The molecule has 0 aliphatic rings. The molecule has 0 heterocycles. The predicted octanol–water partition coefficient (Wildman–Crippen LogP) is 3.11. The van der Waals surface area contributed by atoms with Gasteiger partial charge in [-0.05, 0) is 18.1 Å². The highest BCUT2D eigenvalue weighted by Crippen LogP contribution is 2.26. The maximum atomic E-state index is 12.9. The number of carbonyl (C=O) groups is 2. The van der Waals surface area contributed by atoms with Gasteiger partial charge >= 0.3 is 0 Å². The highest BCUT2D eigenvalue weighted by Gasteiger charge is 2.25. The van der Waals surface area contributed by atoms with Gasteiger partial charge in [0.25, 0.3) is 5.91 Å². The molecular weight excluding hydrogens is 388 g/mol. The lowest BCUT2D eigenvalue weighted by Gasteiger charge is -2.22. The minimum absolute atomic E-state index is 0.158. The summed E-state index contributed by atoms with van der Waals surface area (Å²) in [7, 11) is 6.06. The van der Waals surface area contributed by atoms with Gasteiger partial charge in [-0.25, -0.2) is 0 Å². The summed E-state index contributed by atoms with van der Waals surface area (Å²) in [4.78, 5) is 25.7. The predicted molar refractivity (Wildman–Crippen MR) is 114 cm³/mol. The van der Waals surface area contributed by atoms with Gasteiger partial charge in [0.2, 0.25) is 5.91 Å². The fourth-order valence-corrected chi connectivity index (χ4v) is 2.80. The normalized spacial score (nSPS) is 11.4. The van der Waals surface area contributed by atoms with Crippen LogP contribution in [0.5, 0.6) is 23.0 Å². The highest BCUT2D eigenvalue weighted by molar-refractivity contribution is 6.01. The summed E-state index contributed by atoms with van der Waals surface area (Å²) < 4.78 is 20.9. The second-order valence-corrected chi connectivity index (χ2v) is 6.89. The minimum Gasteiger partial charge on any atom is -0.497 e. The second kappa shape index (κ2) is 10.4. The van der Waals surface area contributed by atoms with Gasteiger partial charge in [-0.15, -0.1) is 0 Å². The zero-order chi connectivity index (χ0) is 22.3. The third-order valence-corrected chi connectivity index (χ3v) is 4.47. The van der Waals surface area contributed by atoms with Crippen molar-refractivity contribution in [2.24, 2.45) is 5.92 Å². The lowest BCUT2D eigenvalue weighted by molar-refractivity contribution is -0.118. The van der Waals surface area contributed by atoms with E-state index in [1.165, 1.54) is 28.4 Å². The van der Waals surface area contributed by atoms with E-state index >= 15 is 0 Å². The molecule has 0 aliphatic heterocycles. The van der Waals surface area contributed by atoms with Crippen molar-refractivity contribution >= 4 is 17.5 Å². The summed E-state index contributed by atoms with van der Waals surface area (Å²) >= 11 is 0. The molecule has 0 spiro atoms. The Morgan fingerprint density at radius 3 is 1.57 bits per heavy atom. The number of carbonyl (C=O) groups excluding carboxylic acids is 2. The first-order valence-corrected chi connectivity index (χ1v) is 9.39. The number of benzene rings is 2. The smallest absolute Gasteiger partial charge is 0.252 e. The van der Waals surface area contributed by atoms with Crippen LogP contribution in [0.4, 0.5) is 5.69 Å². The van der Waals surface area contributed by atoms with Crippen LogP contribution in [0.3, 0.4) is 0 Å². The molecule has 162 valence electrons. The molecule has 1 atom stereocenters. The van der Waals surface area contributed by atoms with Crippen LogP contribution in [-0.4, -0.2) is 46.3 Å². The zero-order valence-electron chi connectivity index (χ0n) is 18.1. The Balaban J connectivity index is 2.21. The van der Waals surface area contributed by atoms with Crippen molar-refractivity contribution in [2.75, 3.05) is 33.8 Å². The Morgan fingerprint density at radius 1 is 0.733 bits per heavy atom. The number of amides is 2. The molecule has 30 heavy (non-hydrogen) atoms. The Morgan fingerprint density at radius 2 is 1.17 bits per heavy atom. The molecule has 1 unspecified atom stereocenters. The Labute approximate surface area is 176 Å². The zero-order valence-corrected chi connectivity index (χ0v) is 18.1. The van der Waals surface area contributed by atoms with Crippen molar-refractivity contribution in [3.8, 4) is 23.0 Å². The van der Waals surface area contributed by atoms with Gasteiger partial charge in [0.15, 0.2) is 0 Å². The highest BCUT2D eigenvalue weighted by atomic mass is 16.5. The van der Waals surface area contributed by atoms with Gasteiger partial charge in [-0.2, -0.15) is 0 Å². The van der Waals surface area contributed by atoms with Gasteiger partial charge < -0.3 is 29.6 Å². The Hall–Kier alpha value is -3.42. The van der Waals surface area contributed by atoms with E-state index in [2.05, 4.69) is 10.6 Å². The fourth-order valence-electron chi connectivity index (χ4n) is 2.80. The lowest BCUT2D eigenvalue weighted by atomic mass is 10.0. The van der Waals surface area contributed by atoms with E-state index in [4.69, 9.17) is 18.9 Å². The molecule has 0 radical (unpaired) electrons. The number of methoxy groups -OCH3 is 4. The van der Waals surface area contributed by atoms with Crippen LogP contribution in [0.1, 0.15) is 24.2 Å². The van der Waals surface area contributed by atoms with Crippen LogP contribution in [0.2, 0.25) is 0 Å². The number of anilines is 1. The van der Waals surface area contributed by atoms with E-state index < -0.39 is 11.9 Å². The quantitative estimate of drug-likeness (QED) is 0.652. The van der Waals surface area contributed by atoms with E-state index in [9.17, 15) is 9.59 Å². The third kappa shape index (κ3) is 5.79. The Bertz CT molecular complexity index is 853. The number of hydrogen-bond acceptors (Lipinski definition) is 6. The van der Waals surface area contributed by atoms with Crippen LogP contribution in [0.15, 0.2) is 36.4 Å².